The van der Waals surface area contributed by atoms with Crippen LogP contribution in [0.1, 0.15) is 0 Å². The van der Waals surface area contributed by atoms with Crippen LogP contribution < -0.4 is 0 Å². The molecule has 0 atom stereocenters. The van der Waals surface area contributed by atoms with E-state index in [2.05, 4.69) is 59.0 Å². The van der Waals surface area contributed by atoms with Crippen LogP contribution >= 0.6 is 0 Å². The van der Waals surface area contributed by atoms with Gasteiger partial charge in [-0.25, -0.2) is 0 Å². The van der Waals surface area contributed by atoms with Gasteiger partial charge in [0.15, 0.2) is 0 Å². The van der Waals surface area contributed by atoms with Crippen molar-refractivity contribution in [3.05, 3.63) is 72.8 Å². The molecular weight excluding hydrogens is 598 g/mol. The third-order valence-electron chi connectivity index (χ3n) is 4.37. The van der Waals surface area contributed by atoms with Gasteiger partial charge in [0.05, 0.1) is 16.7 Å². The third kappa shape index (κ3) is 3.79. The number of hydrogen-bond acceptors (Lipinski definition) is 3. The molecule has 0 fully saturated rings. The molecule has 0 aliphatic rings. The fourth-order valence-corrected chi connectivity index (χ4v) is 3.18. The Labute approximate surface area is 182 Å². The molecular formula is C20H12F3IrN2O3S-. The van der Waals surface area contributed by atoms with Crippen molar-refractivity contribution in [2.45, 2.75) is 5.51 Å². The Kier molecular flexibility index (Phi) is 5.88. The maximum Gasteiger partial charge on any atom is 0.522 e. The smallest absolute Gasteiger partial charge is 0.333 e. The van der Waals surface area contributed by atoms with Gasteiger partial charge in [-0.2, -0.15) is 21.6 Å². The molecule has 0 bridgehead atoms. The van der Waals surface area contributed by atoms with E-state index < -0.39 is 15.6 Å². The molecule has 1 radical (unpaired) electrons. The molecule has 0 amide bonds. The zero-order valence-electron chi connectivity index (χ0n) is 14.9. The van der Waals surface area contributed by atoms with Gasteiger partial charge in [-0.3, -0.25) is 9.54 Å². The monoisotopic (exact) mass is 610 g/mol. The number of imidazole rings is 1. The number of alkyl halides is 3. The van der Waals surface area contributed by atoms with E-state index in [0.717, 1.165) is 22.1 Å². The first kappa shape index (κ1) is 22.2. The standard InChI is InChI=1S/C19H11N2.CHF3O3S.Ir/c1-2-9-15-13(7-1)14-8-3-5-11-17(14)21-18-12-6-4-10-16(18)20-19(15)21;2-1(3,4)8(5,6)7;/h1-8,10-12H;(H,5,6,7);/q-1;;. The van der Waals surface area contributed by atoms with Gasteiger partial charge in [0.25, 0.3) is 0 Å². The average molecular weight is 610 g/mol. The summed E-state index contributed by atoms with van der Waals surface area (Å²) in [6, 6.07) is 26.3. The van der Waals surface area contributed by atoms with E-state index >= 15 is 0 Å². The van der Waals surface area contributed by atoms with Gasteiger partial charge < -0.3 is 4.40 Å². The summed E-state index contributed by atoms with van der Waals surface area (Å²) in [6.45, 7) is 0. The summed E-state index contributed by atoms with van der Waals surface area (Å²) in [5, 5.41) is 3.52. The van der Waals surface area contributed by atoms with Crippen LogP contribution in [0.2, 0.25) is 0 Å². The van der Waals surface area contributed by atoms with Crippen LogP contribution in [-0.4, -0.2) is 27.9 Å². The van der Waals surface area contributed by atoms with E-state index in [1.807, 2.05) is 18.2 Å². The Hall–Kier alpha value is -2.52. The van der Waals surface area contributed by atoms with Crippen molar-refractivity contribution < 1.29 is 46.2 Å². The van der Waals surface area contributed by atoms with E-state index in [1.165, 1.54) is 16.3 Å². The summed E-state index contributed by atoms with van der Waals surface area (Å²) >= 11 is 0. The maximum absolute atomic E-state index is 10.7. The molecule has 5 rings (SSSR count). The fraction of sp³-hybridized carbons (Fsp3) is 0.0500. The molecule has 10 heteroatoms. The molecule has 2 aromatic heterocycles. The van der Waals surface area contributed by atoms with Gasteiger partial charge in [-0.1, -0.05) is 35.7 Å². The minimum Gasteiger partial charge on any atom is -0.333 e. The predicted octanol–water partition coefficient (Wildman–Crippen LogP) is 4.99. The summed E-state index contributed by atoms with van der Waals surface area (Å²) < 4.78 is 59.8. The minimum absolute atomic E-state index is 0. The second-order valence-corrected chi connectivity index (χ2v) is 7.57. The number of pyridine rings is 1. The van der Waals surface area contributed by atoms with Crippen LogP contribution in [-0.2, 0) is 30.2 Å². The first-order valence-corrected chi connectivity index (χ1v) is 9.74. The van der Waals surface area contributed by atoms with Crippen LogP contribution in [0.25, 0.3) is 38.4 Å². The van der Waals surface area contributed by atoms with Crippen molar-refractivity contribution in [2.75, 3.05) is 0 Å². The Morgan fingerprint density at radius 3 is 2.13 bits per heavy atom. The van der Waals surface area contributed by atoms with Gasteiger partial charge >= 0.3 is 15.6 Å². The van der Waals surface area contributed by atoms with E-state index in [1.54, 1.807) is 0 Å². The van der Waals surface area contributed by atoms with Gasteiger partial charge in [0, 0.05) is 25.6 Å². The third-order valence-corrected chi connectivity index (χ3v) is 4.95. The van der Waals surface area contributed by atoms with Crippen LogP contribution in [0.3, 0.4) is 0 Å². The number of halogens is 3. The molecule has 30 heavy (non-hydrogen) atoms. The maximum atomic E-state index is 10.7. The molecule has 0 saturated carbocycles. The number of para-hydroxylation sites is 3. The fourth-order valence-electron chi connectivity index (χ4n) is 3.18. The Morgan fingerprint density at radius 1 is 0.900 bits per heavy atom. The molecule has 0 unspecified atom stereocenters. The van der Waals surface area contributed by atoms with E-state index in [0.29, 0.717) is 0 Å². The predicted molar refractivity (Wildman–Crippen MR) is 104 cm³/mol. The van der Waals surface area contributed by atoms with Crippen molar-refractivity contribution >= 4 is 48.5 Å². The number of nitrogens with zero attached hydrogens (tertiary/aromatic N) is 2. The zero-order valence-corrected chi connectivity index (χ0v) is 18.1. The van der Waals surface area contributed by atoms with Gasteiger partial charge in [0.1, 0.15) is 0 Å². The number of fused-ring (bicyclic) bond motifs is 8. The normalized spacial score (nSPS) is 12.0. The van der Waals surface area contributed by atoms with E-state index in [-0.39, 0.29) is 20.1 Å². The summed E-state index contributed by atoms with van der Waals surface area (Å²) in [7, 11) is -5.84. The van der Waals surface area contributed by atoms with Gasteiger partial charge in [-0.15, -0.1) is 29.7 Å². The largest absolute Gasteiger partial charge is 0.522 e. The van der Waals surface area contributed by atoms with Crippen molar-refractivity contribution in [1.29, 1.82) is 0 Å². The molecule has 1 N–H and O–H groups in total. The van der Waals surface area contributed by atoms with Crippen molar-refractivity contribution in [2.24, 2.45) is 0 Å². The summed E-state index contributed by atoms with van der Waals surface area (Å²) in [4.78, 5) is 4.83. The SMILES string of the molecule is O=S(=O)(O)C(F)(F)F.[Ir].[c-]1cccc2c1c1nc3ccccc3n1c1ccccc21. The minimum atomic E-state index is -5.84. The molecule has 0 aliphatic heterocycles. The number of aromatic nitrogens is 2. The second kappa shape index (κ2) is 7.96. The number of rotatable bonds is 0. The van der Waals surface area contributed by atoms with Gasteiger partial charge in [-0.05, 0) is 23.6 Å². The first-order valence-electron chi connectivity index (χ1n) is 8.30. The summed E-state index contributed by atoms with van der Waals surface area (Å²) in [6.07, 6.45) is 0. The molecule has 2 heterocycles. The molecule has 3 aromatic carbocycles. The topological polar surface area (TPSA) is 71.7 Å². The van der Waals surface area contributed by atoms with Crippen LogP contribution in [0.15, 0.2) is 66.7 Å². The van der Waals surface area contributed by atoms with Crippen molar-refractivity contribution in [3.8, 4) is 0 Å². The van der Waals surface area contributed by atoms with Gasteiger partial charge in [0.2, 0.25) is 0 Å². The first-order chi connectivity index (χ1) is 13.7. The molecule has 0 spiro atoms. The molecule has 0 saturated heterocycles. The summed E-state index contributed by atoms with van der Waals surface area (Å²) in [5.74, 6) is 0. The average Bonchev–Trinajstić information content (AvgIpc) is 3.07. The number of hydrogen-bond donors (Lipinski definition) is 1. The zero-order chi connectivity index (χ0) is 20.8. The quantitative estimate of drug-likeness (QED) is 0.116. The van der Waals surface area contributed by atoms with Crippen LogP contribution in [0, 0.1) is 6.07 Å². The molecule has 5 aromatic rings. The van der Waals surface area contributed by atoms with E-state index in [9.17, 15) is 13.2 Å². The molecule has 5 nitrogen and oxygen atoms in total. The van der Waals surface area contributed by atoms with E-state index in [4.69, 9.17) is 18.0 Å². The van der Waals surface area contributed by atoms with Crippen LogP contribution in [0.5, 0.6) is 0 Å². The Morgan fingerprint density at radius 2 is 1.47 bits per heavy atom. The second-order valence-electron chi connectivity index (χ2n) is 6.16. The number of benzene rings is 3. The van der Waals surface area contributed by atoms with Crippen molar-refractivity contribution in [3.63, 3.8) is 0 Å². The van der Waals surface area contributed by atoms with Crippen molar-refractivity contribution in [1.82, 2.24) is 9.38 Å². The molecule has 0 aliphatic carbocycles. The Balaban J connectivity index is 0.000000248. The Bertz CT molecular complexity index is 1480. The van der Waals surface area contributed by atoms with Crippen LogP contribution in [0.4, 0.5) is 13.2 Å². The summed E-state index contributed by atoms with van der Waals surface area (Å²) in [5.41, 5.74) is -1.21. The molecule has 157 valence electrons.